The Labute approximate surface area is 126 Å². The highest BCUT2D eigenvalue weighted by Gasteiger charge is 2.33. The predicted octanol–water partition coefficient (Wildman–Crippen LogP) is 0.740. The molecule has 1 aliphatic rings. The molecule has 22 heavy (non-hydrogen) atoms. The second-order valence-corrected chi connectivity index (χ2v) is 5.05. The number of carbonyl (C=O) groups is 1. The Kier molecular flexibility index (Phi) is 5.78. The van der Waals surface area contributed by atoms with Crippen LogP contribution in [-0.2, 0) is 22.3 Å². The molecule has 1 aromatic heterocycles. The molecule has 0 atom stereocenters. The van der Waals surface area contributed by atoms with Gasteiger partial charge in [-0.1, -0.05) is 0 Å². The van der Waals surface area contributed by atoms with Crippen molar-refractivity contribution in [2.24, 2.45) is 0 Å². The smallest absolute Gasteiger partial charge is 0.379 e. The zero-order valence-corrected chi connectivity index (χ0v) is 12.1. The Morgan fingerprint density at radius 1 is 1.36 bits per heavy atom. The van der Waals surface area contributed by atoms with Crippen molar-refractivity contribution in [2.45, 2.75) is 19.1 Å². The van der Waals surface area contributed by atoms with Crippen molar-refractivity contribution < 1.29 is 22.7 Å². The number of ether oxygens (including phenoxy) is 1. The van der Waals surface area contributed by atoms with Gasteiger partial charge in [-0.15, -0.1) is 0 Å². The molecule has 0 spiro atoms. The molecule has 6 nitrogen and oxygen atoms in total. The zero-order chi connectivity index (χ0) is 16.0. The molecule has 1 saturated heterocycles. The van der Waals surface area contributed by atoms with Gasteiger partial charge in [0.05, 0.1) is 13.2 Å². The lowest BCUT2D eigenvalue weighted by atomic mass is 10.3. The Morgan fingerprint density at radius 2 is 2.09 bits per heavy atom. The molecule has 0 radical (unpaired) electrons. The van der Waals surface area contributed by atoms with Crippen molar-refractivity contribution >= 4 is 5.91 Å². The summed E-state index contributed by atoms with van der Waals surface area (Å²) in [5.41, 5.74) is -0.993. The number of alkyl halides is 3. The van der Waals surface area contributed by atoms with E-state index in [2.05, 4.69) is 15.3 Å². The van der Waals surface area contributed by atoms with Crippen LogP contribution in [0.2, 0.25) is 0 Å². The average molecular weight is 320 g/mol. The molecule has 0 bridgehead atoms. The van der Waals surface area contributed by atoms with E-state index < -0.39 is 11.9 Å². The second kappa shape index (κ2) is 7.59. The van der Waals surface area contributed by atoms with Crippen LogP contribution >= 0.6 is 0 Å². The normalized spacial score (nSPS) is 16.7. The number of rotatable bonds is 6. The van der Waals surface area contributed by atoms with Crippen molar-refractivity contribution in [3.05, 3.63) is 18.0 Å². The van der Waals surface area contributed by atoms with Crippen LogP contribution in [0, 0.1) is 0 Å². The number of aromatic nitrogens is 2. The molecule has 1 amide bonds. The minimum atomic E-state index is -4.49. The number of hydrogen-bond acceptors (Lipinski definition) is 4. The minimum absolute atomic E-state index is 0.215. The molecule has 1 fully saturated rings. The summed E-state index contributed by atoms with van der Waals surface area (Å²) in [6, 6.07) is 0.853. The molecule has 1 aliphatic heterocycles. The summed E-state index contributed by atoms with van der Waals surface area (Å²) in [4.78, 5) is 13.9. The molecule has 0 unspecified atom stereocenters. The van der Waals surface area contributed by atoms with E-state index in [9.17, 15) is 18.0 Å². The van der Waals surface area contributed by atoms with Crippen molar-refractivity contribution in [3.8, 4) is 0 Å². The van der Waals surface area contributed by atoms with Gasteiger partial charge in [-0.2, -0.15) is 18.3 Å². The topological polar surface area (TPSA) is 59.4 Å². The van der Waals surface area contributed by atoms with Gasteiger partial charge in [-0.3, -0.25) is 14.4 Å². The number of amides is 1. The maximum atomic E-state index is 12.4. The largest absolute Gasteiger partial charge is 0.435 e. The van der Waals surface area contributed by atoms with Gasteiger partial charge in [0.15, 0.2) is 5.69 Å². The van der Waals surface area contributed by atoms with E-state index in [1.54, 1.807) is 0 Å². The summed E-state index contributed by atoms with van der Waals surface area (Å²) in [5, 5.41) is 6.01. The van der Waals surface area contributed by atoms with E-state index in [1.807, 2.05) is 0 Å². The molecule has 124 valence electrons. The first kappa shape index (κ1) is 16.8. The van der Waals surface area contributed by atoms with E-state index in [-0.39, 0.29) is 12.5 Å². The first-order valence-corrected chi connectivity index (χ1v) is 7.12. The van der Waals surface area contributed by atoms with Crippen LogP contribution in [0.4, 0.5) is 13.2 Å². The van der Waals surface area contributed by atoms with Crippen LogP contribution in [0.1, 0.15) is 12.1 Å². The summed E-state index contributed by atoms with van der Waals surface area (Å²) >= 11 is 0. The molecule has 1 N–H and O–H groups in total. The number of hydrogen-bond donors (Lipinski definition) is 1. The quantitative estimate of drug-likeness (QED) is 0.786. The van der Waals surface area contributed by atoms with Crippen molar-refractivity contribution in [1.29, 1.82) is 0 Å². The maximum Gasteiger partial charge on any atom is 0.435 e. The first-order chi connectivity index (χ1) is 10.4. The first-order valence-electron chi connectivity index (χ1n) is 7.12. The molecule has 9 heteroatoms. The maximum absolute atomic E-state index is 12.4. The lowest BCUT2D eigenvalue weighted by molar-refractivity contribution is -0.141. The molecule has 2 heterocycles. The number of nitrogens with one attached hydrogen (secondary N) is 1. The standard InChI is InChI=1S/C13H19F3N4O2/c14-13(15,16)11-2-5-20(18-11)10-12(21)17-3-1-4-19-6-8-22-9-7-19/h2,5H,1,3-4,6-10H2,(H,17,21). The lowest BCUT2D eigenvalue weighted by Gasteiger charge is -2.26. The van der Waals surface area contributed by atoms with Gasteiger partial charge in [-0.05, 0) is 19.0 Å². The van der Waals surface area contributed by atoms with Gasteiger partial charge < -0.3 is 10.1 Å². The van der Waals surface area contributed by atoms with Crippen LogP contribution in [-0.4, -0.2) is 60.0 Å². The molecule has 1 aromatic rings. The van der Waals surface area contributed by atoms with E-state index in [4.69, 9.17) is 4.74 Å². The Bertz CT molecular complexity index is 484. The van der Waals surface area contributed by atoms with Crippen LogP contribution in [0.5, 0.6) is 0 Å². The summed E-state index contributed by atoms with van der Waals surface area (Å²) < 4.78 is 43.3. The van der Waals surface area contributed by atoms with E-state index in [1.165, 1.54) is 0 Å². The van der Waals surface area contributed by atoms with Gasteiger partial charge in [0.25, 0.3) is 0 Å². The molecular weight excluding hydrogens is 301 g/mol. The Hall–Kier alpha value is -1.61. The van der Waals surface area contributed by atoms with Gasteiger partial charge in [0.1, 0.15) is 6.54 Å². The van der Waals surface area contributed by atoms with Crippen molar-refractivity contribution in [2.75, 3.05) is 39.4 Å². The molecule has 0 aromatic carbocycles. The highest BCUT2D eigenvalue weighted by atomic mass is 19.4. The van der Waals surface area contributed by atoms with E-state index in [0.717, 1.165) is 56.2 Å². The third-order valence-corrected chi connectivity index (χ3v) is 3.31. The van der Waals surface area contributed by atoms with Crippen LogP contribution < -0.4 is 5.32 Å². The van der Waals surface area contributed by atoms with E-state index >= 15 is 0 Å². The van der Waals surface area contributed by atoms with Gasteiger partial charge in [-0.25, -0.2) is 0 Å². The SMILES string of the molecule is O=C(Cn1ccc(C(F)(F)F)n1)NCCCN1CCOCC1. The lowest BCUT2D eigenvalue weighted by Crippen LogP contribution is -2.38. The van der Waals surface area contributed by atoms with E-state index in [0.29, 0.717) is 6.54 Å². The molecular formula is C13H19F3N4O2. The van der Waals surface area contributed by atoms with Crippen LogP contribution in [0.25, 0.3) is 0 Å². The van der Waals surface area contributed by atoms with Crippen LogP contribution in [0.3, 0.4) is 0 Å². The Balaban J connectivity index is 1.64. The highest BCUT2D eigenvalue weighted by molar-refractivity contribution is 5.75. The van der Waals surface area contributed by atoms with Crippen LogP contribution in [0.15, 0.2) is 12.3 Å². The average Bonchev–Trinajstić information content (AvgIpc) is 2.93. The molecule has 2 rings (SSSR count). The fourth-order valence-electron chi connectivity index (χ4n) is 2.16. The third-order valence-electron chi connectivity index (χ3n) is 3.31. The summed E-state index contributed by atoms with van der Waals surface area (Å²) in [5.74, 6) is -0.348. The molecule has 0 aliphatic carbocycles. The van der Waals surface area contributed by atoms with Crippen molar-refractivity contribution in [1.82, 2.24) is 20.0 Å². The van der Waals surface area contributed by atoms with Gasteiger partial charge in [0, 0.05) is 25.8 Å². The predicted molar refractivity (Wildman–Crippen MR) is 72.1 cm³/mol. The third kappa shape index (κ3) is 5.30. The highest BCUT2D eigenvalue weighted by Crippen LogP contribution is 2.27. The van der Waals surface area contributed by atoms with Gasteiger partial charge in [0.2, 0.25) is 5.91 Å². The fourth-order valence-corrected chi connectivity index (χ4v) is 2.16. The number of morpholine rings is 1. The number of halogens is 3. The fraction of sp³-hybridized carbons (Fsp3) is 0.692. The Morgan fingerprint density at radius 3 is 2.73 bits per heavy atom. The minimum Gasteiger partial charge on any atom is -0.379 e. The number of carbonyl (C=O) groups excluding carboxylic acids is 1. The zero-order valence-electron chi connectivity index (χ0n) is 12.1. The molecule has 0 saturated carbocycles. The summed E-state index contributed by atoms with van der Waals surface area (Å²) in [6.07, 6.45) is -2.55. The van der Waals surface area contributed by atoms with Crippen molar-refractivity contribution in [3.63, 3.8) is 0 Å². The summed E-state index contributed by atoms with van der Waals surface area (Å²) in [6.45, 7) is 4.38. The number of nitrogens with zero attached hydrogens (tertiary/aromatic N) is 3. The second-order valence-electron chi connectivity index (χ2n) is 5.05. The monoisotopic (exact) mass is 320 g/mol. The van der Waals surface area contributed by atoms with Gasteiger partial charge >= 0.3 is 6.18 Å². The summed E-state index contributed by atoms with van der Waals surface area (Å²) in [7, 11) is 0.